The molecule has 0 spiro atoms. The Hall–Kier alpha value is -2.83. The number of nitrogens with one attached hydrogen (secondary N) is 2. The van der Waals surface area contributed by atoms with Gasteiger partial charge in [0, 0.05) is 12.0 Å². The Bertz CT molecular complexity index is 765. The zero-order chi connectivity index (χ0) is 17.1. The van der Waals surface area contributed by atoms with E-state index in [1.807, 2.05) is 32.0 Å². The fraction of sp³-hybridized carbons (Fsp3) is 0.353. The van der Waals surface area contributed by atoms with Crippen LogP contribution in [0.15, 0.2) is 28.8 Å². The standard InChI is InChI=1S/C17H19N3O4/c1-10-3-4-11(2)14(7-10)23-9-16(21)18-19-17(22)13-8-15(24-20-13)12-5-6-12/h3-4,7-8,12H,5-6,9H2,1-2H3,(H,18,21)(H,19,22). The van der Waals surface area contributed by atoms with Gasteiger partial charge in [0.05, 0.1) is 0 Å². The van der Waals surface area contributed by atoms with Crippen LogP contribution in [0.3, 0.4) is 0 Å². The molecule has 1 aromatic carbocycles. The number of ether oxygens (including phenoxy) is 1. The summed E-state index contributed by atoms with van der Waals surface area (Å²) >= 11 is 0. The highest BCUT2D eigenvalue weighted by Crippen LogP contribution is 2.40. The van der Waals surface area contributed by atoms with Crippen molar-refractivity contribution >= 4 is 11.8 Å². The normalized spacial score (nSPS) is 13.4. The van der Waals surface area contributed by atoms with Gasteiger partial charge in [0.1, 0.15) is 11.5 Å². The Morgan fingerprint density at radius 3 is 2.79 bits per heavy atom. The first-order valence-electron chi connectivity index (χ1n) is 7.79. The summed E-state index contributed by atoms with van der Waals surface area (Å²) in [5, 5.41) is 3.70. The molecule has 7 nitrogen and oxygen atoms in total. The molecule has 0 bridgehead atoms. The van der Waals surface area contributed by atoms with E-state index >= 15 is 0 Å². The summed E-state index contributed by atoms with van der Waals surface area (Å²) in [6, 6.07) is 7.35. The number of hydrazine groups is 1. The van der Waals surface area contributed by atoms with Crippen molar-refractivity contribution in [2.75, 3.05) is 6.61 Å². The first-order chi connectivity index (χ1) is 11.5. The molecule has 7 heteroatoms. The van der Waals surface area contributed by atoms with Gasteiger partial charge in [-0.1, -0.05) is 17.3 Å². The van der Waals surface area contributed by atoms with Gasteiger partial charge in [-0.3, -0.25) is 20.4 Å². The second-order valence-corrected chi connectivity index (χ2v) is 5.95. The van der Waals surface area contributed by atoms with E-state index in [1.165, 1.54) is 0 Å². The monoisotopic (exact) mass is 329 g/mol. The van der Waals surface area contributed by atoms with Gasteiger partial charge in [0.2, 0.25) is 0 Å². The summed E-state index contributed by atoms with van der Waals surface area (Å²) < 4.78 is 10.6. The summed E-state index contributed by atoms with van der Waals surface area (Å²) in [4.78, 5) is 23.7. The molecule has 1 fully saturated rings. The summed E-state index contributed by atoms with van der Waals surface area (Å²) in [6.07, 6.45) is 2.12. The van der Waals surface area contributed by atoms with Crippen molar-refractivity contribution in [3.05, 3.63) is 46.8 Å². The molecule has 1 saturated carbocycles. The van der Waals surface area contributed by atoms with E-state index in [0.29, 0.717) is 17.4 Å². The number of carbonyl (C=O) groups excluding carboxylic acids is 2. The van der Waals surface area contributed by atoms with E-state index < -0.39 is 11.8 Å². The molecule has 0 aliphatic heterocycles. The fourth-order valence-corrected chi connectivity index (χ4v) is 2.19. The van der Waals surface area contributed by atoms with Crippen LogP contribution >= 0.6 is 0 Å². The second-order valence-electron chi connectivity index (χ2n) is 5.95. The summed E-state index contributed by atoms with van der Waals surface area (Å²) in [5.74, 6) is 0.743. The van der Waals surface area contributed by atoms with E-state index in [9.17, 15) is 9.59 Å². The van der Waals surface area contributed by atoms with E-state index in [1.54, 1.807) is 6.07 Å². The van der Waals surface area contributed by atoms with Gasteiger partial charge in [-0.25, -0.2) is 0 Å². The quantitative estimate of drug-likeness (QED) is 0.819. The van der Waals surface area contributed by atoms with Crippen molar-refractivity contribution in [3.63, 3.8) is 0 Å². The fourth-order valence-electron chi connectivity index (χ4n) is 2.19. The molecule has 2 N–H and O–H groups in total. The third-order valence-electron chi connectivity index (χ3n) is 3.76. The van der Waals surface area contributed by atoms with Crippen LogP contribution in [0, 0.1) is 13.8 Å². The Morgan fingerprint density at radius 1 is 1.25 bits per heavy atom. The van der Waals surface area contributed by atoms with Crippen LogP contribution in [0.1, 0.15) is 46.1 Å². The SMILES string of the molecule is Cc1ccc(C)c(OCC(=O)NNC(=O)c2cc(C3CC3)on2)c1. The molecule has 1 aromatic heterocycles. The molecule has 2 amide bonds. The van der Waals surface area contributed by atoms with Crippen molar-refractivity contribution in [2.45, 2.75) is 32.6 Å². The molecule has 0 atom stereocenters. The lowest BCUT2D eigenvalue weighted by molar-refractivity contribution is -0.123. The van der Waals surface area contributed by atoms with Crippen molar-refractivity contribution in [1.82, 2.24) is 16.0 Å². The molecule has 0 radical (unpaired) electrons. The van der Waals surface area contributed by atoms with Gasteiger partial charge in [0.25, 0.3) is 11.8 Å². The van der Waals surface area contributed by atoms with E-state index in [2.05, 4.69) is 16.0 Å². The Kier molecular flexibility index (Phi) is 4.50. The molecule has 0 saturated heterocycles. The van der Waals surface area contributed by atoms with Crippen LogP contribution in [0.4, 0.5) is 0 Å². The van der Waals surface area contributed by atoms with Crippen molar-refractivity contribution in [3.8, 4) is 5.75 Å². The minimum atomic E-state index is -0.522. The summed E-state index contributed by atoms with van der Waals surface area (Å²) in [5.41, 5.74) is 6.71. The predicted octanol–water partition coefficient (Wildman–Crippen LogP) is 2.01. The van der Waals surface area contributed by atoms with Crippen molar-refractivity contribution in [1.29, 1.82) is 0 Å². The summed E-state index contributed by atoms with van der Waals surface area (Å²) in [7, 11) is 0. The second kappa shape index (κ2) is 6.74. The molecule has 0 unspecified atom stereocenters. The minimum absolute atomic E-state index is 0.146. The zero-order valence-corrected chi connectivity index (χ0v) is 13.6. The molecule has 1 aliphatic rings. The largest absolute Gasteiger partial charge is 0.483 e. The van der Waals surface area contributed by atoms with Gasteiger partial charge in [0.15, 0.2) is 12.3 Å². The number of benzene rings is 1. The van der Waals surface area contributed by atoms with Crippen LogP contribution in [0.2, 0.25) is 0 Å². The number of carbonyl (C=O) groups is 2. The molecule has 126 valence electrons. The third kappa shape index (κ3) is 3.92. The highest BCUT2D eigenvalue weighted by molar-refractivity contribution is 5.93. The Balaban J connectivity index is 1.46. The molecule has 1 heterocycles. The maximum absolute atomic E-state index is 11.9. The molecular weight excluding hydrogens is 310 g/mol. The number of hydrogen-bond acceptors (Lipinski definition) is 5. The zero-order valence-electron chi connectivity index (χ0n) is 13.6. The number of rotatable bonds is 5. The number of aromatic nitrogens is 1. The first-order valence-corrected chi connectivity index (χ1v) is 7.79. The van der Waals surface area contributed by atoms with Gasteiger partial charge in [-0.15, -0.1) is 0 Å². The van der Waals surface area contributed by atoms with E-state index in [0.717, 1.165) is 24.0 Å². The lowest BCUT2D eigenvalue weighted by Crippen LogP contribution is -2.44. The molecule has 24 heavy (non-hydrogen) atoms. The smallest absolute Gasteiger partial charge is 0.291 e. The summed E-state index contributed by atoms with van der Waals surface area (Å²) in [6.45, 7) is 3.65. The van der Waals surface area contributed by atoms with Crippen LogP contribution in [0.5, 0.6) is 5.75 Å². The van der Waals surface area contributed by atoms with Crippen LogP contribution in [-0.2, 0) is 4.79 Å². The maximum atomic E-state index is 11.9. The van der Waals surface area contributed by atoms with Gasteiger partial charge < -0.3 is 9.26 Å². The average molecular weight is 329 g/mol. The van der Waals surface area contributed by atoms with Crippen molar-refractivity contribution in [2.24, 2.45) is 0 Å². The van der Waals surface area contributed by atoms with Gasteiger partial charge in [-0.2, -0.15) is 0 Å². The molecule has 1 aliphatic carbocycles. The van der Waals surface area contributed by atoms with Crippen LogP contribution in [0.25, 0.3) is 0 Å². The topological polar surface area (TPSA) is 93.5 Å². The minimum Gasteiger partial charge on any atom is -0.483 e. The van der Waals surface area contributed by atoms with E-state index in [4.69, 9.17) is 9.26 Å². The average Bonchev–Trinajstić information content (AvgIpc) is 3.30. The number of amides is 2. The lowest BCUT2D eigenvalue weighted by atomic mass is 10.1. The molecule has 2 aromatic rings. The number of nitrogens with zero attached hydrogens (tertiary/aromatic N) is 1. The lowest BCUT2D eigenvalue weighted by Gasteiger charge is -2.10. The highest BCUT2D eigenvalue weighted by atomic mass is 16.5. The Morgan fingerprint density at radius 2 is 2.04 bits per heavy atom. The Labute approximate surface area is 139 Å². The maximum Gasteiger partial charge on any atom is 0.291 e. The predicted molar refractivity (Wildman–Crippen MR) is 85.5 cm³/mol. The third-order valence-corrected chi connectivity index (χ3v) is 3.76. The van der Waals surface area contributed by atoms with Gasteiger partial charge >= 0.3 is 0 Å². The molecule has 3 rings (SSSR count). The first kappa shape index (κ1) is 16.0. The highest BCUT2D eigenvalue weighted by Gasteiger charge is 2.28. The van der Waals surface area contributed by atoms with Crippen LogP contribution < -0.4 is 15.6 Å². The van der Waals surface area contributed by atoms with Crippen molar-refractivity contribution < 1.29 is 18.8 Å². The molecular formula is C17H19N3O4. The van der Waals surface area contributed by atoms with E-state index in [-0.39, 0.29) is 12.3 Å². The number of hydrogen-bond donors (Lipinski definition) is 2. The van der Waals surface area contributed by atoms with Crippen LogP contribution in [-0.4, -0.2) is 23.6 Å². The van der Waals surface area contributed by atoms with Gasteiger partial charge in [-0.05, 0) is 43.9 Å². The number of aryl methyl sites for hydroxylation is 2.